The molecule has 1 saturated heterocycles. The number of hydrogen-bond acceptors (Lipinski definition) is 2. The van der Waals surface area contributed by atoms with E-state index < -0.39 is 11.5 Å². The number of halogens is 1. The van der Waals surface area contributed by atoms with Crippen LogP contribution in [0.4, 0.5) is 0 Å². The van der Waals surface area contributed by atoms with Crippen molar-refractivity contribution in [2.45, 2.75) is 25.3 Å². The number of carboxylic acids is 1. The highest BCUT2D eigenvalue weighted by Crippen LogP contribution is 2.30. The Morgan fingerprint density at radius 1 is 1.33 bits per heavy atom. The minimum atomic E-state index is -1.08. The van der Waals surface area contributed by atoms with Crippen molar-refractivity contribution >= 4 is 27.8 Å². The minimum absolute atomic E-state index is 0.218. The lowest BCUT2D eigenvalue weighted by Gasteiger charge is -2.31. The first kappa shape index (κ1) is 13.1. The van der Waals surface area contributed by atoms with E-state index in [1.54, 1.807) is 31.2 Å². The second kappa shape index (κ2) is 4.72. The molecule has 1 aliphatic heterocycles. The molecule has 1 unspecified atom stereocenters. The summed E-state index contributed by atoms with van der Waals surface area (Å²) in [5.74, 6) is -1.16. The molecule has 96 valence electrons. The fraction of sp³-hybridized carbons (Fsp3) is 0.385. The number of likely N-dealkylation sites (tertiary alicyclic amines) is 1. The normalized spacial score (nSPS) is 23.1. The van der Waals surface area contributed by atoms with Gasteiger partial charge in [-0.1, -0.05) is 15.9 Å². The number of amides is 1. The molecule has 1 amide bonds. The average molecular weight is 312 g/mol. The summed E-state index contributed by atoms with van der Waals surface area (Å²) in [5.41, 5.74) is -0.558. The summed E-state index contributed by atoms with van der Waals surface area (Å²) in [5, 5.41) is 9.28. The summed E-state index contributed by atoms with van der Waals surface area (Å²) in [6.07, 6.45) is 1.23. The largest absolute Gasteiger partial charge is 0.480 e. The van der Waals surface area contributed by atoms with Crippen molar-refractivity contribution in [2.24, 2.45) is 0 Å². The Balaban J connectivity index is 2.28. The molecule has 5 heteroatoms. The topological polar surface area (TPSA) is 57.6 Å². The van der Waals surface area contributed by atoms with Gasteiger partial charge in [0.05, 0.1) is 0 Å². The smallest absolute Gasteiger partial charge is 0.329 e. The molecule has 0 aliphatic carbocycles. The average Bonchev–Trinajstić information content (AvgIpc) is 2.73. The van der Waals surface area contributed by atoms with E-state index >= 15 is 0 Å². The van der Waals surface area contributed by atoms with Crippen molar-refractivity contribution in [1.29, 1.82) is 0 Å². The monoisotopic (exact) mass is 311 g/mol. The molecule has 1 aromatic rings. The zero-order valence-electron chi connectivity index (χ0n) is 10.0. The Morgan fingerprint density at radius 2 is 1.94 bits per heavy atom. The molecule has 1 aromatic carbocycles. The Morgan fingerprint density at radius 3 is 2.50 bits per heavy atom. The van der Waals surface area contributed by atoms with Gasteiger partial charge >= 0.3 is 5.97 Å². The van der Waals surface area contributed by atoms with Gasteiger partial charge in [0.15, 0.2) is 0 Å². The van der Waals surface area contributed by atoms with E-state index in [0.717, 1.165) is 10.9 Å². The van der Waals surface area contributed by atoms with Crippen LogP contribution in [0.1, 0.15) is 30.1 Å². The number of nitrogens with zero attached hydrogens (tertiary/aromatic N) is 1. The second-order valence-corrected chi connectivity index (χ2v) is 5.56. The third kappa shape index (κ3) is 2.14. The summed E-state index contributed by atoms with van der Waals surface area (Å²) >= 11 is 3.30. The fourth-order valence-corrected chi connectivity index (χ4v) is 2.52. The van der Waals surface area contributed by atoms with Crippen LogP contribution in [0.5, 0.6) is 0 Å². The van der Waals surface area contributed by atoms with Crippen molar-refractivity contribution in [3.63, 3.8) is 0 Å². The van der Waals surface area contributed by atoms with Crippen molar-refractivity contribution in [1.82, 2.24) is 4.90 Å². The van der Waals surface area contributed by atoms with E-state index in [-0.39, 0.29) is 5.91 Å². The van der Waals surface area contributed by atoms with Gasteiger partial charge in [0.1, 0.15) is 5.54 Å². The molecule has 0 spiro atoms. The third-order valence-corrected chi connectivity index (χ3v) is 3.97. The SMILES string of the molecule is CC1(C(=O)O)CCCN1C(=O)c1ccc(Br)cc1. The Bertz CT molecular complexity index is 486. The molecule has 0 bridgehead atoms. The first-order valence-electron chi connectivity index (χ1n) is 5.76. The number of aliphatic carboxylic acids is 1. The van der Waals surface area contributed by atoms with Gasteiger partial charge in [0, 0.05) is 16.6 Å². The van der Waals surface area contributed by atoms with Crippen LogP contribution >= 0.6 is 15.9 Å². The van der Waals surface area contributed by atoms with Crippen LogP contribution in [0.3, 0.4) is 0 Å². The van der Waals surface area contributed by atoms with Crippen LogP contribution in [0.25, 0.3) is 0 Å². The molecule has 2 rings (SSSR count). The van der Waals surface area contributed by atoms with Gasteiger partial charge in [-0.05, 0) is 44.0 Å². The molecule has 0 saturated carbocycles. The Labute approximate surface area is 114 Å². The predicted octanol–water partition coefficient (Wildman–Crippen LogP) is 2.53. The van der Waals surface area contributed by atoms with Crippen LogP contribution in [-0.4, -0.2) is 34.0 Å². The number of carbonyl (C=O) groups is 2. The number of hydrogen-bond donors (Lipinski definition) is 1. The molecule has 1 fully saturated rings. The summed E-state index contributed by atoms with van der Waals surface area (Å²) in [4.78, 5) is 25.1. The first-order valence-corrected chi connectivity index (χ1v) is 6.55. The lowest BCUT2D eigenvalue weighted by atomic mass is 9.98. The van der Waals surface area contributed by atoms with Gasteiger partial charge in [-0.25, -0.2) is 4.79 Å². The van der Waals surface area contributed by atoms with E-state index in [1.165, 1.54) is 4.90 Å². The molecular weight excluding hydrogens is 298 g/mol. The second-order valence-electron chi connectivity index (χ2n) is 4.65. The lowest BCUT2D eigenvalue weighted by Crippen LogP contribution is -2.50. The van der Waals surface area contributed by atoms with Crippen LogP contribution < -0.4 is 0 Å². The number of carbonyl (C=O) groups excluding carboxylic acids is 1. The highest BCUT2D eigenvalue weighted by Gasteiger charge is 2.45. The van der Waals surface area contributed by atoms with Gasteiger partial charge < -0.3 is 10.0 Å². The quantitative estimate of drug-likeness (QED) is 0.913. The van der Waals surface area contributed by atoms with Gasteiger partial charge in [0.25, 0.3) is 5.91 Å². The fourth-order valence-electron chi connectivity index (χ4n) is 2.26. The molecule has 0 aromatic heterocycles. The van der Waals surface area contributed by atoms with Gasteiger partial charge in [-0.15, -0.1) is 0 Å². The predicted molar refractivity (Wildman–Crippen MR) is 70.5 cm³/mol. The molecule has 1 N–H and O–H groups in total. The molecule has 1 aliphatic rings. The van der Waals surface area contributed by atoms with E-state index in [0.29, 0.717) is 18.5 Å². The maximum atomic E-state index is 12.3. The molecule has 0 radical (unpaired) electrons. The molecule has 1 heterocycles. The van der Waals surface area contributed by atoms with Crippen molar-refractivity contribution in [3.05, 3.63) is 34.3 Å². The first-order chi connectivity index (χ1) is 8.45. The maximum absolute atomic E-state index is 12.3. The number of benzene rings is 1. The van der Waals surface area contributed by atoms with E-state index in [2.05, 4.69) is 15.9 Å². The number of carboxylic acid groups (broad SMARTS) is 1. The standard InChI is InChI=1S/C13H14BrNO3/c1-13(12(17)18)7-2-8-15(13)11(16)9-3-5-10(14)6-4-9/h3-6H,2,7-8H2,1H3,(H,17,18). The van der Waals surface area contributed by atoms with Crippen LogP contribution in [0.15, 0.2) is 28.7 Å². The summed E-state index contributed by atoms with van der Waals surface area (Å²) in [6.45, 7) is 2.11. The summed E-state index contributed by atoms with van der Waals surface area (Å²) in [6, 6.07) is 6.96. The highest BCUT2D eigenvalue weighted by atomic mass is 79.9. The van der Waals surface area contributed by atoms with E-state index in [4.69, 9.17) is 0 Å². The maximum Gasteiger partial charge on any atom is 0.329 e. The molecule has 4 nitrogen and oxygen atoms in total. The van der Waals surface area contributed by atoms with Crippen molar-refractivity contribution in [2.75, 3.05) is 6.54 Å². The third-order valence-electron chi connectivity index (χ3n) is 3.44. The van der Waals surface area contributed by atoms with E-state index in [1.807, 2.05) is 0 Å². The summed E-state index contributed by atoms with van der Waals surface area (Å²) in [7, 11) is 0. The van der Waals surface area contributed by atoms with Gasteiger partial charge in [0.2, 0.25) is 0 Å². The summed E-state index contributed by atoms with van der Waals surface area (Å²) < 4.78 is 0.890. The zero-order chi connectivity index (χ0) is 13.3. The van der Waals surface area contributed by atoms with Crippen molar-refractivity contribution in [3.8, 4) is 0 Å². The highest BCUT2D eigenvalue weighted by molar-refractivity contribution is 9.10. The molecular formula is C13H14BrNO3. The minimum Gasteiger partial charge on any atom is -0.480 e. The Kier molecular flexibility index (Phi) is 3.43. The van der Waals surface area contributed by atoms with E-state index in [9.17, 15) is 14.7 Å². The number of rotatable bonds is 2. The van der Waals surface area contributed by atoms with Crippen molar-refractivity contribution < 1.29 is 14.7 Å². The molecule has 18 heavy (non-hydrogen) atoms. The van der Waals surface area contributed by atoms with Crippen LogP contribution in [-0.2, 0) is 4.79 Å². The van der Waals surface area contributed by atoms with Crippen LogP contribution in [0.2, 0.25) is 0 Å². The lowest BCUT2D eigenvalue weighted by molar-refractivity contribution is -0.147. The van der Waals surface area contributed by atoms with Gasteiger partial charge in [-0.2, -0.15) is 0 Å². The van der Waals surface area contributed by atoms with Crippen LogP contribution in [0, 0.1) is 0 Å². The Hall–Kier alpha value is -1.36. The molecule has 1 atom stereocenters. The van der Waals surface area contributed by atoms with Gasteiger partial charge in [-0.3, -0.25) is 4.79 Å². The zero-order valence-corrected chi connectivity index (χ0v) is 11.6.